The standard InChI is InChI=1S/C10H12SSi.C10H10.2ClH.Zr/c1-12(2)7-9-6-8-4-3-5-10(8)11-9;1-8-6-9-4-2-3-5-10(9)7-8;;;/h3-7,9H,1-2H3;2-6H,7H2,1H3;2*1H;/q;;;;+2/p-2. The van der Waals surface area contributed by atoms with Gasteiger partial charge >= 0.3 is 26.2 Å². The molecule has 130 valence electrons. The Morgan fingerprint density at radius 2 is 1.88 bits per heavy atom. The maximum absolute atomic E-state index is 2.50. The van der Waals surface area contributed by atoms with Gasteiger partial charge in [0.15, 0.2) is 0 Å². The van der Waals surface area contributed by atoms with Crippen LogP contribution in [0.15, 0.2) is 64.6 Å². The number of hydrogen-bond donors (Lipinski definition) is 0. The second kappa shape index (κ2) is 11.7. The molecule has 3 aliphatic rings. The van der Waals surface area contributed by atoms with Crippen molar-refractivity contribution in [1.29, 1.82) is 0 Å². The van der Waals surface area contributed by atoms with Crippen molar-refractivity contribution in [3.05, 3.63) is 75.7 Å². The molecule has 1 atom stereocenters. The van der Waals surface area contributed by atoms with Crippen molar-refractivity contribution in [2.75, 3.05) is 0 Å². The first-order valence-electron chi connectivity index (χ1n) is 7.79. The molecule has 0 fully saturated rings. The van der Waals surface area contributed by atoms with E-state index in [-0.39, 0.29) is 59.4 Å². The first kappa shape index (κ1) is 25.1. The number of allylic oxidation sites excluding steroid dienone is 5. The summed E-state index contributed by atoms with van der Waals surface area (Å²) in [6.07, 6.45) is 12.3. The first-order chi connectivity index (χ1) is 10.6. The van der Waals surface area contributed by atoms with Crippen LogP contribution in [-0.4, -0.2) is 19.3 Å². The minimum Gasteiger partial charge on any atom is -1.00 e. The molecule has 0 spiro atoms. The van der Waals surface area contributed by atoms with Gasteiger partial charge in [-0.1, -0.05) is 72.9 Å². The SMILES string of the molecule is CC1=Cc2ccccc2C1.C[Si](C)=CC1C=C2C=CC=C2S1.[Cl-].[Cl-].[Zr+2]. The summed E-state index contributed by atoms with van der Waals surface area (Å²) < 4.78 is 0. The molecular formula is C20H22Cl2SSiZr. The fourth-order valence-electron chi connectivity index (χ4n) is 2.88. The van der Waals surface area contributed by atoms with Gasteiger partial charge in [0.1, 0.15) is 0 Å². The van der Waals surface area contributed by atoms with Crippen LogP contribution in [0.4, 0.5) is 0 Å². The van der Waals surface area contributed by atoms with Gasteiger partial charge in [0.2, 0.25) is 0 Å². The third-order valence-corrected chi connectivity index (χ3v) is 6.28. The van der Waals surface area contributed by atoms with Crippen molar-refractivity contribution in [1.82, 2.24) is 0 Å². The molecule has 5 heteroatoms. The van der Waals surface area contributed by atoms with Crippen LogP contribution in [0.5, 0.6) is 0 Å². The number of fused-ring (bicyclic) bond motifs is 2. The molecule has 4 rings (SSSR count). The van der Waals surface area contributed by atoms with Crippen LogP contribution in [0.25, 0.3) is 6.08 Å². The van der Waals surface area contributed by atoms with Crippen LogP contribution in [0, 0.1) is 0 Å². The zero-order valence-electron chi connectivity index (χ0n) is 14.7. The van der Waals surface area contributed by atoms with E-state index in [4.69, 9.17) is 0 Å². The predicted molar refractivity (Wildman–Crippen MR) is 104 cm³/mol. The fourth-order valence-corrected chi connectivity index (χ4v) is 5.66. The molecule has 0 bridgehead atoms. The molecule has 0 aromatic heterocycles. The van der Waals surface area contributed by atoms with Gasteiger partial charge in [0.05, 0.1) is 0 Å². The van der Waals surface area contributed by atoms with Gasteiger partial charge in [-0.3, -0.25) is 0 Å². The van der Waals surface area contributed by atoms with E-state index in [1.165, 1.54) is 27.2 Å². The minimum absolute atomic E-state index is 0. The van der Waals surface area contributed by atoms with Crippen molar-refractivity contribution >= 4 is 31.9 Å². The maximum atomic E-state index is 2.50. The normalized spacial score (nSPS) is 17.9. The van der Waals surface area contributed by atoms with Crippen molar-refractivity contribution in [2.24, 2.45) is 0 Å². The number of thioether (sulfide) groups is 1. The zero-order valence-corrected chi connectivity index (χ0v) is 20.5. The van der Waals surface area contributed by atoms with E-state index in [1.807, 2.05) is 11.8 Å². The molecule has 1 aliphatic heterocycles. The van der Waals surface area contributed by atoms with Crippen LogP contribution in [0.1, 0.15) is 18.1 Å². The van der Waals surface area contributed by atoms with Crippen molar-refractivity contribution in [2.45, 2.75) is 31.7 Å². The summed E-state index contributed by atoms with van der Waals surface area (Å²) in [6.45, 7) is 6.85. The average Bonchev–Trinajstić information content (AvgIpc) is 3.11. The Kier molecular flexibility index (Phi) is 11.8. The van der Waals surface area contributed by atoms with E-state index in [2.05, 4.69) is 80.3 Å². The second-order valence-corrected chi connectivity index (χ2v) is 9.91. The quantitative estimate of drug-likeness (QED) is 0.474. The molecule has 1 aromatic carbocycles. The maximum Gasteiger partial charge on any atom is 2.00 e. The van der Waals surface area contributed by atoms with Gasteiger partial charge in [-0.05, 0) is 36.1 Å². The van der Waals surface area contributed by atoms with E-state index < -0.39 is 0 Å². The molecule has 25 heavy (non-hydrogen) atoms. The number of halogens is 2. The summed E-state index contributed by atoms with van der Waals surface area (Å²) in [5.41, 5.74) is 8.28. The van der Waals surface area contributed by atoms with Crippen molar-refractivity contribution in [3.8, 4) is 0 Å². The number of hydrogen-bond acceptors (Lipinski definition) is 1. The molecule has 0 radical (unpaired) electrons. The van der Waals surface area contributed by atoms with Crippen LogP contribution in [-0.2, 0) is 32.6 Å². The second-order valence-electron chi connectivity index (χ2n) is 6.20. The summed E-state index contributed by atoms with van der Waals surface area (Å²) in [5.74, 6) is 0. The molecule has 0 nitrogen and oxygen atoms in total. The van der Waals surface area contributed by atoms with Crippen molar-refractivity contribution in [3.63, 3.8) is 0 Å². The Morgan fingerprint density at radius 3 is 2.52 bits per heavy atom. The van der Waals surface area contributed by atoms with Gasteiger partial charge in [0, 0.05) is 18.6 Å². The van der Waals surface area contributed by atoms with Crippen LogP contribution in [0.2, 0.25) is 13.1 Å². The first-order valence-corrected chi connectivity index (χ1v) is 11.2. The van der Waals surface area contributed by atoms with Crippen LogP contribution in [0.3, 0.4) is 0 Å². The van der Waals surface area contributed by atoms with Crippen molar-refractivity contribution < 1.29 is 51.0 Å². The zero-order chi connectivity index (χ0) is 15.5. The Bertz CT molecular complexity index is 744. The molecular weight excluding hydrogens is 463 g/mol. The summed E-state index contributed by atoms with van der Waals surface area (Å²) in [6, 6.07) is 8.56. The van der Waals surface area contributed by atoms with Gasteiger partial charge in [-0.2, -0.15) is 0 Å². The molecule has 1 heterocycles. The van der Waals surface area contributed by atoms with E-state index in [1.54, 1.807) is 0 Å². The molecule has 1 unspecified atom stereocenters. The van der Waals surface area contributed by atoms with Gasteiger partial charge in [0.25, 0.3) is 0 Å². The Balaban J connectivity index is 0.000000416. The predicted octanol–water partition coefficient (Wildman–Crippen LogP) is -0.728. The molecule has 0 N–H and O–H groups in total. The summed E-state index contributed by atoms with van der Waals surface area (Å²) in [7, 11) is -0.190. The largest absolute Gasteiger partial charge is 2.00 e. The Hall–Kier alpha value is 0.0800. The fraction of sp³-hybridized carbons (Fsp3) is 0.250. The number of rotatable bonds is 1. The van der Waals surface area contributed by atoms with Crippen LogP contribution < -0.4 is 24.8 Å². The topological polar surface area (TPSA) is 0 Å². The van der Waals surface area contributed by atoms with Gasteiger partial charge in [-0.25, -0.2) is 0 Å². The molecule has 0 saturated carbocycles. The molecule has 2 aliphatic carbocycles. The van der Waals surface area contributed by atoms with Crippen LogP contribution >= 0.6 is 11.8 Å². The minimum atomic E-state index is -0.190. The molecule has 0 amide bonds. The monoisotopic (exact) mass is 482 g/mol. The third kappa shape index (κ3) is 6.96. The van der Waals surface area contributed by atoms with E-state index in [0.717, 1.165) is 6.42 Å². The average molecular weight is 485 g/mol. The summed E-state index contributed by atoms with van der Waals surface area (Å²) in [5, 5.41) is 0.653. The van der Waals surface area contributed by atoms with E-state index >= 15 is 0 Å². The number of benzene rings is 1. The summed E-state index contributed by atoms with van der Waals surface area (Å²) >= 11 is 1.99. The Labute approximate surface area is 189 Å². The Morgan fingerprint density at radius 1 is 1.16 bits per heavy atom. The smallest absolute Gasteiger partial charge is 1.00 e. The molecule has 0 saturated heterocycles. The third-order valence-electron chi connectivity index (χ3n) is 3.84. The van der Waals surface area contributed by atoms with Gasteiger partial charge < -0.3 is 24.8 Å². The molecule has 1 aromatic rings. The van der Waals surface area contributed by atoms with Gasteiger partial charge in [-0.15, -0.1) is 11.8 Å². The summed E-state index contributed by atoms with van der Waals surface area (Å²) in [4.78, 5) is 1.46. The van der Waals surface area contributed by atoms with E-state index in [0.29, 0.717) is 5.25 Å². The van der Waals surface area contributed by atoms with E-state index in [9.17, 15) is 0 Å².